The lowest BCUT2D eigenvalue weighted by Gasteiger charge is -2.21. The van der Waals surface area contributed by atoms with Crippen LogP contribution in [0.15, 0.2) is 24.4 Å². The number of nitrogens with two attached hydrogens (primary N) is 1. The average molecular weight is 409 g/mol. The summed E-state index contributed by atoms with van der Waals surface area (Å²) in [6.45, 7) is 3.50. The predicted molar refractivity (Wildman–Crippen MR) is 109 cm³/mol. The van der Waals surface area contributed by atoms with Crippen molar-refractivity contribution in [2.45, 2.75) is 38.1 Å². The fourth-order valence-corrected chi connectivity index (χ4v) is 3.03. The van der Waals surface area contributed by atoms with Gasteiger partial charge in [-0.05, 0) is 45.1 Å². The molecule has 1 aromatic heterocycles. The Morgan fingerprint density at radius 1 is 1.32 bits per heavy atom. The molecular weight excluding hydrogens is 383 g/mol. The van der Waals surface area contributed by atoms with Gasteiger partial charge < -0.3 is 16.4 Å². The molecule has 7 nitrogen and oxygen atoms in total. The number of nitrogens with one attached hydrogen (secondary N) is 2. The number of nitriles is 1. The number of benzene rings is 1. The predicted octanol–water partition coefficient (Wildman–Crippen LogP) is 4.00. The molecule has 1 aliphatic rings. The van der Waals surface area contributed by atoms with Crippen LogP contribution in [-0.2, 0) is 0 Å². The zero-order valence-corrected chi connectivity index (χ0v) is 16.8. The van der Waals surface area contributed by atoms with E-state index in [1.165, 1.54) is 18.6 Å². The molecule has 152 valence electrons. The number of primary amides is 1. The van der Waals surface area contributed by atoms with Crippen molar-refractivity contribution in [1.82, 2.24) is 15.1 Å². The van der Waals surface area contributed by atoms with Gasteiger partial charge in [-0.3, -0.25) is 9.48 Å². The summed E-state index contributed by atoms with van der Waals surface area (Å²) in [6.07, 6.45) is 7.29. The Kier molecular flexibility index (Phi) is 9.99. The lowest BCUT2D eigenvalue weighted by molar-refractivity contribution is 0.100. The molecule has 1 amide bonds. The Labute approximate surface area is 169 Å². The van der Waals surface area contributed by atoms with Crippen molar-refractivity contribution < 1.29 is 9.18 Å². The third-order valence-corrected chi connectivity index (χ3v) is 4.44. The van der Waals surface area contributed by atoms with Crippen LogP contribution in [0, 0.1) is 17.7 Å². The van der Waals surface area contributed by atoms with Crippen molar-refractivity contribution in [1.29, 1.82) is 5.26 Å². The van der Waals surface area contributed by atoms with Crippen molar-refractivity contribution in [3.05, 3.63) is 40.8 Å². The number of nitrogens with zero attached hydrogens (tertiary/aromatic N) is 3. The normalized spacial score (nSPS) is 13.5. The van der Waals surface area contributed by atoms with Gasteiger partial charge in [-0.2, -0.15) is 5.10 Å². The maximum absolute atomic E-state index is 13.5. The molecule has 1 aromatic carbocycles. The van der Waals surface area contributed by atoms with Crippen LogP contribution in [0.4, 0.5) is 15.9 Å². The van der Waals surface area contributed by atoms with Gasteiger partial charge in [0.1, 0.15) is 11.4 Å². The summed E-state index contributed by atoms with van der Waals surface area (Å²) in [5, 5.41) is 16.7. The first-order valence-electron chi connectivity index (χ1n) is 8.91. The molecule has 9 heteroatoms. The first-order valence-corrected chi connectivity index (χ1v) is 9.29. The summed E-state index contributed by atoms with van der Waals surface area (Å²) >= 11 is 5.67. The van der Waals surface area contributed by atoms with E-state index in [4.69, 9.17) is 22.6 Å². The van der Waals surface area contributed by atoms with Gasteiger partial charge in [-0.25, -0.2) is 9.65 Å². The monoisotopic (exact) mass is 408 g/mol. The largest absolute Gasteiger partial charge is 0.365 e. The first-order chi connectivity index (χ1) is 13.5. The molecule has 2 aromatic rings. The number of amides is 1. The van der Waals surface area contributed by atoms with E-state index in [1.807, 2.05) is 14.1 Å². The van der Waals surface area contributed by atoms with Crippen LogP contribution in [0.1, 0.15) is 48.5 Å². The van der Waals surface area contributed by atoms with E-state index in [9.17, 15) is 9.18 Å². The molecule has 0 bridgehead atoms. The standard InChI is InChI=1S/C16H18ClFN4O.C2H7N.CHN/c17-13-7-6-10(8-14(13)18)20-16-12(15(19)23)9-22(21-16)11-4-2-1-3-5-11;1-3-2;1-2/h6-9,11H,1-5H2,(H2,19,23)(H,20,21);3H,1-2H3;1H. The van der Waals surface area contributed by atoms with E-state index in [1.54, 1.807) is 16.9 Å². The maximum atomic E-state index is 13.5. The number of aromatic nitrogens is 2. The van der Waals surface area contributed by atoms with Gasteiger partial charge in [0, 0.05) is 18.5 Å². The number of hydrogen-bond acceptors (Lipinski definition) is 5. The average Bonchev–Trinajstić information content (AvgIpc) is 3.12. The zero-order chi connectivity index (χ0) is 21.1. The summed E-state index contributed by atoms with van der Waals surface area (Å²) in [5.41, 5.74) is 6.20. The highest BCUT2D eigenvalue weighted by Crippen LogP contribution is 2.30. The van der Waals surface area contributed by atoms with Crippen molar-refractivity contribution >= 4 is 29.0 Å². The first kappa shape index (κ1) is 23.4. The van der Waals surface area contributed by atoms with Crippen molar-refractivity contribution in [3.63, 3.8) is 0 Å². The van der Waals surface area contributed by atoms with Gasteiger partial charge in [0.15, 0.2) is 5.82 Å². The summed E-state index contributed by atoms with van der Waals surface area (Å²) in [7, 11) is 3.75. The Bertz CT molecular complexity index is 786. The number of carbonyl (C=O) groups excluding carboxylic acids is 1. The number of halogens is 2. The smallest absolute Gasteiger partial charge is 0.254 e. The molecule has 0 saturated heterocycles. The Morgan fingerprint density at radius 2 is 1.93 bits per heavy atom. The third kappa shape index (κ3) is 6.51. The topological polar surface area (TPSA) is 109 Å². The summed E-state index contributed by atoms with van der Waals surface area (Å²) < 4.78 is 15.3. The van der Waals surface area contributed by atoms with Gasteiger partial charge in [0.2, 0.25) is 0 Å². The summed E-state index contributed by atoms with van der Waals surface area (Å²) in [6, 6.07) is 4.60. The maximum Gasteiger partial charge on any atom is 0.254 e. The Balaban J connectivity index is 0.000000717. The minimum Gasteiger partial charge on any atom is -0.365 e. The van der Waals surface area contributed by atoms with Gasteiger partial charge in [-0.1, -0.05) is 30.9 Å². The molecule has 28 heavy (non-hydrogen) atoms. The lowest BCUT2D eigenvalue weighted by Crippen LogP contribution is -2.14. The number of anilines is 2. The molecule has 0 spiro atoms. The number of rotatable bonds is 4. The van der Waals surface area contributed by atoms with Gasteiger partial charge >= 0.3 is 0 Å². The van der Waals surface area contributed by atoms with Crippen LogP contribution < -0.4 is 16.4 Å². The molecule has 1 saturated carbocycles. The minimum atomic E-state index is -0.566. The van der Waals surface area contributed by atoms with Crippen LogP contribution in [0.5, 0.6) is 0 Å². The van der Waals surface area contributed by atoms with Gasteiger partial charge in [-0.15, -0.1) is 0 Å². The minimum absolute atomic E-state index is 0.0402. The molecule has 0 aliphatic heterocycles. The molecule has 1 heterocycles. The van der Waals surface area contributed by atoms with Crippen LogP contribution in [-0.4, -0.2) is 29.8 Å². The highest BCUT2D eigenvalue weighted by molar-refractivity contribution is 6.30. The van der Waals surface area contributed by atoms with E-state index < -0.39 is 11.7 Å². The van der Waals surface area contributed by atoms with E-state index in [2.05, 4.69) is 22.3 Å². The van der Waals surface area contributed by atoms with E-state index in [0.29, 0.717) is 17.1 Å². The second-order valence-electron chi connectivity index (χ2n) is 6.28. The number of hydrogen-bond donors (Lipinski definition) is 3. The van der Waals surface area contributed by atoms with Gasteiger partial charge in [0.25, 0.3) is 5.91 Å². The van der Waals surface area contributed by atoms with Crippen LogP contribution >= 0.6 is 11.6 Å². The summed E-state index contributed by atoms with van der Waals surface area (Å²) in [5.74, 6) is -0.766. The van der Waals surface area contributed by atoms with Crippen LogP contribution in [0.3, 0.4) is 0 Å². The Hall–Kier alpha value is -2.63. The lowest BCUT2D eigenvalue weighted by atomic mass is 9.96. The second-order valence-corrected chi connectivity index (χ2v) is 6.69. The molecule has 4 N–H and O–H groups in total. The molecule has 0 radical (unpaired) electrons. The van der Waals surface area contributed by atoms with Crippen molar-refractivity contribution in [2.24, 2.45) is 5.73 Å². The molecule has 0 unspecified atom stereocenters. The van der Waals surface area contributed by atoms with Gasteiger partial charge in [0.05, 0.1) is 11.1 Å². The van der Waals surface area contributed by atoms with Crippen LogP contribution in [0.2, 0.25) is 5.02 Å². The van der Waals surface area contributed by atoms with E-state index >= 15 is 0 Å². The second kappa shape index (κ2) is 12.0. The summed E-state index contributed by atoms with van der Waals surface area (Å²) in [4.78, 5) is 11.7. The molecule has 3 rings (SSSR count). The molecule has 0 atom stereocenters. The molecule has 1 aliphatic carbocycles. The molecular formula is C19H26ClFN6O. The van der Waals surface area contributed by atoms with Crippen LogP contribution in [0.25, 0.3) is 0 Å². The molecule has 1 fully saturated rings. The zero-order valence-electron chi connectivity index (χ0n) is 16.1. The third-order valence-electron chi connectivity index (χ3n) is 4.13. The Morgan fingerprint density at radius 3 is 2.46 bits per heavy atom. The SMILES string of the molecule is C#N.CNC.NC(=O)c1cn(C2CCCCC2)nc1Nc1ccc(Cl)c(F)c1. The highest BCUT2D eigenvalue weighted by atomic mass is 35.5. The van der Waals surface area contributed by atoms with E-state index in [-0.39, 0.29) is 11.1 Å². The fraction of sp³-hybridized carbons (Fsp3) is 0.421. The fourth-order valence-electron chi connectivity index (χ4n) is 2.91. The highest BCUT2D eigenvalue weighted by Gasteiger charge is 2.21. The van der Waals surface area contributed by atoms with Crippen molar-refractivity contribution in [2.75, 3.05) is 19.4 Å². The van der Waals surface area contributed by atoms with E-state index in [0.717, 1.165) is 25.7 Å². The van der Waals surface area contributed by atoms with Crippen molar-refractivity contribution in [3.8, 4) is 6.57 Å². The quantitative estimate of drug-likeness (QED) is 0.708. The number of carbonyl (C=O) groups is 1.